The molecule has 1 heterocycles. The molecule has 1 saturated heterocycles. The van der Waals surface area contributed by atoms with Crippen LogP contribution >= 0.6 is 0 Å². The van der Waals surface area contributed by atoms with Crippen LogP contribution < -0.4 is 5.32 Å². The van der Waals surface area contributed by atoms with Crippen LogP contribution in [0.2, 0.25) is 0 Å². The minimum absolute atomic E-state index is 0.197. The van der Waals surface area contributed by atoms with Crippen molar-refractivity contribution < 1.29 is 24.6 Å². The van der Waals surface area contributed by atoms with Crippen molar-refractivity contribution in [1.82, 2.24) is 15.1 Å². The first-order valence-electron chi connectivity index (χ1n) is 6.59. The van der Waals surface area contributed by atoms with Gasteiger partial charge in [-0.3, -0.25) is 9.69 Å². The number of carboxylic acid groups (broad SMARTS) is 2. The lowest BCUT2D eigenvalue weighted by atomic mass is 10.2. The van der Waals surface area contributed by atoms with Crippen molar-refractivity contribution in [3.63, 3.8) is 0 Å². The zero-order valence-corrected chi connectivity index (χ0v) is 11.7. The normalized spacial score (nSPS) is 21.3. The predicted molar refractivity (Wildman–Crippen MR) is 70.5 cm³/mol. The number of piperazine rings is 1. The van der Waals surface area contributed by atoms with Crippen molar-refractivity contribution in [1.29, 1.82) is 0 Å². The lowest BCUT2D eigenvalue weighted by Gasteiger charge is -2.39. The molecule has 1 unspecified atom stereocenters. The fraction of sp³-hybridized carbons (Fsp3) is 0.750. The molecule has 0 aromatic heterocycles. The van der Waals surface area contributed by atoms with Gasteiger partial charge in [0.25, 0.3) is 0 Å². The van der Waals surface area contributed by atoms with E-state index in [1.165, 1.54) is 4.90 Å². The Morgan fingerprint density at radius 2 is 1.95 bits per heavy atom. The van der Waals surface area contributed by atoms with Gasteiger partial charge in [-0.15, -0.1) is 0 Å². The molecule has 0 saturated carbocycles. The Hall–Kier alpha value is -1.83. The fourth-order valence-electron chi connectivity index (χ4n) is 2.26. The second kappa shape index (κ2) is 7.09. The number of rotatable bonds is 5. The molecular formula is C12H21N3O5. The molecule has 0 bridgehead atoms. The van der Waals surface area contributed by atoms with E-state index < -0.39 is 30.4 Å². The molecule has 2 atom stereocenters. The van der Waals surface area contributed by atoms with Crippen molar-refractivity contribution in [2.75, 3.05) is 26.2 Å². The van der Waals surface area contributed by atoms with Crippen molar-refractivity contribution in [3.8, 4) is 0 Å². The van der Waals surface area contributed by atoms with Gasteiger partial charge >= 0.3 is 18.0 Å². The number of carbonyl (C=O) groups excluding carboxylic acids is 1. The minimum Gasteiger partial charge on any atom is -0.481 e. The molecule has 0 aromatic rings. The number of nitrogens with zero attached hydrogens (tertiary/aromatic N) is 2. The second-order valence-electron chi connectivity index (χ2n) is 4.86. The molecule has 1 fully saturated rings. The third kappa shape index (κ3) is 4.37. The monoisotopic (exact) mass is 287 g/mol. The number of urea groups is 1. The number of carboxylic acids is 2. The first-order chi connectivity index (χ1) is 9.35. The minimum atomic E-state index is -1.40. The molecule has 2 amide bonds. The summed E-state index contributed by atoms with van der Waals surface area (Å²) in [4.78, 5) is 37.2. The molecule has 114 valence electrons. The van der Waals surface area contributed by atoms with E-state index in [1.807, 2.05) is 13.8 Å². The Kier molecular flexibility index (Phi) is 5.75. The van der Waals surface area contributed by atoms with Gasteiger partial charge in [0, 0.05) is 25.7 Å². The number of hydrogen-bond acceptors (Lipinski definition) is 4. The van der Waals surface area contributed by atoms with E-state index >= 15 is 0 Å². The van der Waals surface area contributed by atoms with E-state index in [1.54, 1.807) is 0 Å². The van der Waals surface area contributed by atoms with Crippen molar-refractivity contribution in [2.24, 2.45) is 0 Å². The smallest absolute Gasteiger partial charge is 0.326 e. The highest BCUT2D eigenvalue weighted by molar-refractivity contribution is 5.86. The van der Waals surface area contributed by atoms with Crippen LogP contribution in [0.3, 0.4) is 0 Å². The molecule has 0 spiro atoms. The zero-order chi connectivity index (χ0) is 15.3. The van der Waals surface area contributed by atoms with Crippen LogP contribution in [0.25, 0.3) is 0 Å². The van der Waals surface area contributed by atoms with E-state index in [0.29, 0.717) is 13.1 Å². The van der Waals surface area contributed by atoms with Gasteiger partial charge in [-0.05, 0) is 13.5 Å². The molecular weight excluding hydrogens is 266 g/mol. The van der Waals surface area contributed by atoms with Gasteiger partial charge in [-0.1, -0.05) is 6.92 Å². The van der Waals surface area contributed by atoms with E-state index in [2.05, 4.69) is 10.2 Å². The highest BCUT2D eigenvalue weighted by atomic mass is 16.4. The van der Waals surface area contributed by atoms with E-state index in [9.17, 15) is 14.4 Å². The summed E-state index contributed by atoms with van der Waals surface area (Å²) in [5, 5.41) is 19.8. The molecule has 1 rings (SSSR count). The summed E-state index contributed by atoms with van der Waals surface area (Å²) in [7, 11) is 0. The molecule has 1 aliphatic heterocycles. The van der Waals surface area contributed by atoms with Gasteiger partial charge in [-0.2, -0.15) is 0 Å². The summed E-state index contributed by atoms with van der Waals surface area (Å²) in [6.07, 6.45) is -0.633. The quantitative estimate of drug-likeness (QED) is 0.637. The standard InChI is InChI=1S/C12H21N3O5/c1-3-14-4-5-15(7-8(14)2)12(20)13-9(11(18)19)6-10(16)17/h8-9H,3-7H2,1-2H3,(H,13,20)(H,16,17)(H,18,19)/t8?,9-/m1/s1. The number of aliphatic carboxylic acids is 2. The fourth-order valence-corrected chi connectivity index (χ4v) is 2.26. The largest absolute Gasteiger partial charge is 0.481 e. The van der Waals surface area contributed by atoms with Gasteiger partial charge in [0.15, 0.2) is 0 Å². The second-order valence-corrected chi connectivity index (χ2v) is 4.86. The van der Waals surface area contributed by atoms with Crippen LogP contribution in [-0.4, -0.2) is 76.2 Å². The summed E-state index contributed by atoms with van der Waals surface area (Å²) >= 11 is 0. The highest BCUT2D eigenvalue weighted by Gasteiger charge is 2.29. The number of amides is 2. The van der Waals surface area contributed by atoms with Crippen molar-refractivity contribution in [3.05, 3.63) is 0 Å². The maximum absolute atomic E-state index is 12.0. The molecule has 3 N–H and O–H groups in total. The Morgan fingerprint density at radius 3 is 2.40 bits per heavy atom. The van der Waals surface area contributed by atoms with Crippen molar-refractivity contribution >= 4 is 18.0 Å². The third-order valence-corrected chi connectivity index (χ3v) is 3.43. The van der Waals surface area contributed by atoms with Crippen LogP contribution in [0.4, 0.5) is 4.79 Å². The maximum atomic E-state index is 12.0. The molecule has 8 heteroatoms. The first-order valence-corrected chi connectivity index (χ1v) is 6.59. The van der Waals surface area contributed by atoms with Gasteiger partial charge in [-0.25, -0.2) is 9.59 Å². The van der Waals surface area contributed by atoms with E-state index in [0.717, 1.165) is 13.1 Å². The van der Waals surface area contributed by atoms with Gasteiger partial charge in [0.1, 0.15) is 6.04 Å². The first kappa shape index (κ1) is 16.2. The lowest BCUT2D eigenvalue weighted by molar-refractivity contribution is -0.145. The molecule has 0 aliphatic carbocycles. The van der Waals surface area contributed by atoms with Gasteiger partial charge in [0.2, 0.25) is 0 Å². The van der Waals surface area contributed by atoms with Crippen LogP contribution in [0, 0.1) is 0 Å². The molecule has 0 radical (unpaired) electrons. The van der Waals surface area contributed by atoms with Crippen LogP contribution in [0.5, 0.6) is 0 Å². The number of nitrogens with one attached hydrogen (secondary N) is 1. The third-order valence-electron chi connectivity index (χ3n) is 3.43. The van der Waals surface area contributed by atoms with Crippen molar-refractivity contribution in [2.45, 2.75) is 32.4 Å². The Balaban J connectivity index is 2.57. The van der Waals surface area contributed by atoms with Crippen LogP contribution in [0.1, 0.15) is 20.3 Å². The average molecular weight is 287 g/mol. The summed E-state index contributed by atoms with van der Waals surface area (Å²) < 4.78 is 0. The summed E-state index contributed by atoms with van der Waals surface area (Å²) in [6, 6.07) is -1.73. The highest BCUT2D eigenvalue weighted by Crippen LogP contribution is 2.09. The molecule has 20 heavy (non-hydrogen) atoms. The predicted octanol–water partition coefficient (Wildman–Crippen LogP) is -0.350. The van der Waals surface area contributed by atoms with Gasteiger partial charge < -0.3 is 20.4 Å². The Morgan fingerprint density at radius 1 is 1.30 bits per heavy atom. The number of likely N-dealkylation sites (N-methyl/N-ethyl adjacent to an activating group) is 1. The maximum Gasteiger partial charge on any atom is 0.326 e. The molecule has 8 nitrogen and oxygen atoms in total. The Bertz CT molecular complexity index is 387. The summed E-state index contributed by atoms with van der Waals surface area (Å²) in [6.45, 7) is 6.66. The summed E-state index contributed by atoms with van der Waals surface area (Å²) in [5.74, 6) is -2.61. The van der Waals surface area contributed by atoms with Crippen LogP contribution in [0.15, 0.2) is 0 Å². The number of carbonyl (C=O) groups is 3. The molecule has 1 aliphatic rings. The molecule has 0 aromatic carbocycles. The van der Waals surface area contributed by atoms with Crippen LogP contribution in [-0.2, 0) is 9.59 Å². The zero-order valence-electron chi connectivity index (χ0n) is 11.7. The Labute approximate surface area is 117 Å². The SMILES string of the molecule is CCN1CCN(C(=O)N[C@H](CC(=O)O)C(=O)O)CC1C. The number of hydrogen-bond donors (Lipinski definition) is 3. The van der Waals surface area contributed by atoms with E-state index in [4.69, 9.17) is 10.2 Å². The average Bonchev–Trinajstić information content (AvgIpc) is 2.37. The topological polar surface area (TPSA) is 110 Å². The lowest BCUT2D eigenvalue weighted by Crippen LogP contribution is -2.57. The summed E-state index contributed by atoms with van der Waals surface area (Å²) in [5.41, 5.74) is 0. The van der Waals surface area contributed by atoms with E-state index in [-0.39, 0.29) is 6.04 Å². The van der Waals surface area contributed by atoms with Gasteiger partial charge in [0.05, 0.1) is 6.42 Å².